The van der Waals surface area contributed by atoms with E-state index in [1.807, 2.05) is 33.7 Å². The number of hydrogen-bond donors (Lipinski definition) is 1. The minimum atomic E-state index is -0.00887. The lowest BCUT2D eigenvalue weighted by molar-refractivity contribution is -0.133. The average molecular weight is 358 g/mol. The first-order valence-corrected chi connectivity index (χ1v) is 9.85. The summed E-state index contributed by atoms with van der Waals surface area (Å²) in [6.45, 7) is 7.96. The second-order valence-corrected chi connectivity index (χ2v) is 7.06. The van der Waals surface area contributed by atoms with Gasteiger partial charge in [0.1, 0.15) is 0 Å². The monoisotopic (exact) mass is 358 g/mol. The number of nitrogens with one attached hydrogen (secondary N) is 1. The standard InChI is InChI=1S/C20H30N4O2/c1-3-12-22(16-9-11-21-15-16)19(25)10-14-24-18-8-6-5-7-17(18)23(13-4-2)20(24)26/h5-8,16,21H,3-4,9-15H2,1-2H3. The molecule has 1 aromatic carbocycles. The van der Waals surface area contributed by atoms with E-state index in [9.17, 15) is 9.59 Å². The zero-order chi connectivity index (χ0) is 18.5. The highest BCUT2D eigenvalue weighted by Crippen LogP contribution is 2.15. The third-order valence-electron chi connectivity index (χ3n) is 5.18. The van der Waals surface area contributed by atoms with E-state index >= 15 is 0 Å². The lowest BCUT2D eigenvalue weighted by Crippen LogP contribution is -2.42. The van der Waals surface area contributed by atoms with Crippen molar-refractivity contribution >= 4 is 16.9 Å². The molecule has 142 valence electrons. The number of amides is 1. The van der Waals surface area contributed by atoms with Crippen LogP contribution in [0.3, 0.4) is 0 Å². The summed E-state index contributed by atoms with van der Waals surface area (Å²) in [7, 11) is 0. The normalized spacial score (nSPS) is 17.1. The molecule has 1 saturated heterocycles. The Balaban J connectivity index is 1.79. The minimum absolute atomic E-state index is 0.00887. The van der Waals surface area contributed by atoms with E-state index < -0.39 is 0 Å². The van der Waals surface area contributed by atoms with Gasteiger partial charge in [0.05, 0.1) is 11.0 Å². The Morgan fingerprint density at radius 1 is 1.15 bits per heavy atom. The van der Waals surface area contributed by atoms with Crippen molar-refractivity contribution < 1.29 is 4.79 Å². The number of imidazole rings is 1. The molecule has 1 amide bonds. The Morgan fingerprint density at radius 3 is 2.42 bits per heavy atom. The Morgan fingerprint density at radius 2 is 1.85 bits per heavy atom. The summed E-state index contributed by atoms with van der Waals surface area (Å²) in [5.74, 6) is 0.153. The number of benzene rings is 1. The van der Waals surface area contributed by atoms with Crippen molar-refractivity contribution in [1.82, 2.24) is 19.4 Å². The van der Waals surface area contributed by atoms with E-state index in [1.54, 1.807) is 4.57 Å². The zero-order valence-corrected chi connectivity index (χ0v) is 15.9. The molecule has 1 aliphatic heterocycles. The maximum absolute atomic E-state index is 12.8. The van der Waals surface area contributed by atoms with Gasteiger partial charge >= 0.3 is 5.69 Å². The van der Waals surface area contributed by atoms with Crippen LogP contribution in [0, 0.1) is 0 Å². The minimum Gasteiger partial charge on any atom is -0.338 e. The van der Waals surface area contributed by atoms with E-state index in [2.05, 4.69) is 19.2 Å². The number of nitrogens with zero attached hydrogens (tertiary/aromatic N) is 3. The van der Waals surface area contributed by atoms with E-state index in [0.717, 1.165) is 49.9 Å². The van der Waals surface area contributed by atoms with E-state index in [1.165, 1.54) is 0 Å². The Hall–Kier alpha value is -2.08. The molecule has 1 N–H and O–H groups in total. The van der Waals surface area contributed by atoms with Gasteiger partial charge in [-0.1, -0.05) is 26.0 Å². The summed E-state index contributed by atoms with van der Waals surface area (Å²) in [6.07, 6.45) is 3.25. The van der Waals surface area contributed by atoms with E-state index in [-0.39, 0.29) is 11.6 Å². The summed E-state index contributed by atoms with van der Waals surface area (Å²) in [6, 6.07) is 8.15. The lowest BCUT2D eigenvalue weighted by atomic mass is 10.2. The maximum atomic E-state index is 12.8. The number of para-hydroxylation sites is 2. The molecule has 0 saturated carbocycles. The van der Waals surface area contributed by atoms with Gasteiger partial charge in [0, 0.05) is 38.6 Å². The van der Waals surface area contributed by atoms with Crippen LogP contribution in [-0.4, -0.2) is 45.6 Å². The average Bonchev–Trinajstić information content (AvgIpc) is 3.26. The number of rotatable bonds is 8. The molecule has 1 aliphatic rings. The molecule has 1 atom stereocenters. The van der Waals surface area contributed by atoms with Crippen LogP contribution in [0.4, 0.5) is 0 Å². The number of carbonyl (C=O) groups excluding carboxylic acids is 1. The van der Waals surface area contributed by atoms with Crippen LogP contribution in [0.25, 0.3) is 11.0 Å². The van der Waals surface area contributed by atoms with Crippen LogP contribution in [0.2, 0.25) is 0 Å². The Kier molecular flexibility index (Phi) is 6.14. The summed E-state index contributed by atoms with van der Waals surface area (Å²) in [4.78, 5) is 27.7. The molecule has 2 aromatic rings. The van der Waals surface area contributed by atoms with Crippen molar-refractivity contribution in [3.63, 3.8) is 0 Å². The SMILES string of the molecule is CCCN(C(=O)CCn1c(=O)n(CCC)c2ccccc21)C1CCNC1. The fraction of sp³-hybridized carbons (Fsp3) is 0.600. The fourth-order valence-electron chi connectivity index (χ4n) is 3.94. The van der Waals surface area contributed by atoms with Gasteiger partial charge in [-0.2, -0.15) is 0 Å². The highest BCUT2D eigenvalue weighted by molar-refractivity contribution is 5.78. The molecule has 1 unspecified atom stereocenters. The topological polar surface area (TPSA) is 59.3 Å². The Labute approximate surface area is 154 Å². The number of carbonyl (C=O) groups is 1. The molecular weight excluding hydrogens is 328 g/mol. The predicted octanol–water partition coefficient (Wildman–Crippen LogP) is 2.20. The third kappa shape index (κ3) is 3.70. The molecule has 1 fully saturated rings. The van der Waals surface area contributed by atoms with Gasteiger partial charge in [0.25, 0.3) is 0 Å². The van der Waals surface area contributed by atoms with Gasteiger partial charge in [0.15, 0.2) is 0 Å². The largest absolute Gasteiger partial charge is 0.338 e. The summed E-state index contributed by atoms with van der Waals surface area (Å²) < 4.78 is 3.59. The van der Waals surface area contributed by atoms with Crippen LogP contribution in [0.15, 0.2) is 29.1 Å². The van der Waals surface area contributed by atoms with Gasteiger partial charge < -0.3 is 10.2 Å². The van der Waals surface area contributed by atoms with Crippen molar-refractivity contribution in [1.29, 1.82) is 0 Å². The van der Waals surface area contributed by atoms with E-state index in [0.29, 0.717) is 25.6 Å². The van der Waals surface area contributed by atoms with Crippen LogP contribution >= 0.6 is 0 Å². The number of aryl methyl sites for hydroxylation is 2. The van der Waals surface area contributed by atoms with Crippen molar-refractivity contribution in [2.45, 2.75) is 58.7 Å². The number of fused-ring (bicyclic) bond motifs is 1. The van der Waals surface area contributed by atoms with Gasteiger partial charge in [-0.15, -0.1) is 0 Å². The molecule has 0 bridgehead atoms. The molecule has 0 spiro atoms. The summed E-state index contributed by atoms with van der Waals surface area (Å²) in [5.41, 5.74) is 1.87. The zero-order valence-electron chi connectivity index (χ0n) is 15.9. The van der Waals surface area contributed by atoms with Crippen LogP contribution in [-0.2, 0) is 17.9 Å². The molecule has 6 heteroatoms. The quantitative estimate of drug-likeness (QED) is 0.787. The Bertz CT molecular complexity index is 802. The lowest BCUT2D eigenvalue weighted by Gasteiger charge is -2.28. The second kappa shape index (κ2) is 8.54. The first kappa shape index (κ1) is 18.7. The predicted molar refractivity (Wildman–Crippen MR) is 104 cm³/mol. The van der Waals surface area contributed by atoms with Gasteiger partial charge in [0.2, 0.25) is 5.91 Å². The fourth-order valence-corrected chi connectivity index (χ4v) is 3.94. The highest BCUT2D eigenvalue weighted by atomic mass is 16.2. The number of aromatic nitrogens is 2. The van der Waals surface area contributed by atoms with Crippen molar-refractivity contribution in [2.75, 3.05) is 19.6 Å². The van der Waals surface area contributed by atoms with Crippen molar-refractivity contribution in [3.05, 3.63) is 34.7 Å². The molecule has 6 nitrogen and oxygen atoms in total. The highest BCUT2D eigenvalue weighted by Gasteiger charge is 2.25. The van der Waals surface area contributed by atoms with Gasteiger partial charge in [-0.05, 0) is 37.9 Å². The van der Waals surface area contributed by atoms with E-state index in [4.69, 9.17) is 0 Å². The first-order valence-electron chi connectivity index (χ1n) is 9.85. The van der Waals surface area contributed by atoms with Crippen LogP contribution in [0.1, 0.15) is 39.5 Å². The molecule has 3 rings (SSSR count). The van der Waals surface area contributed by atoms with Crippen LogP contribution < -0.4 is 11.0 Å². The molecule has 26 heavy (non-hydrogen) atoms. The summed E-state index contributed by atoms with van der Waals surface area (Å²) >= 11 is 0. The van der Waals surface area contributed by atoms with Crippen molar-refractivity contribution in [3.8, 4) is 0 Å². The smallest absolute Gasteiger partial charge is 0.329 e. The van der Waals surface area contributed by atoms with Gasteiger partial charge in [-0.3, -0.25) is 13.9 Å². The summed E-state index contributed by atoms with van der Waals surface area (Å²) in [5, 5.41) is 3.34. The third-order valence-corrected chi connectivity index (χ3v) is 5.18. The molecular formula is C20H30N4O2. The molecule has 1 aromatic heterocycles. The van der Waals surface area contributed by atoms with Gasteiger partial charge in [-0.25, -0.2) is 4.79 Å². The first-order chi connectivity index (χ1) is 12.7. The van der Waals surface area contributed by atoms with Crippen LogP contribution in [0.5, 0.6) is 0 Å². The molecule has 0 aliphatic carbocycles. The number of hydrogen-bond acceptors (Lipinski definition) is 3. The van der Waals surface area contributed by atoms with Crippen molar-refractivity contribution in [2.24, 2.45) is 0 Å². The molecule has 2 heterocycles. The maximum Gasteiger partial charge on any atom is 0.329 e. The molecule has 0 radical (unpaired) electrons. The second-order valence-electron chi connectivity index (χ2n) is 7.06.